The van der Waals surface area contributed by atoms with E-state index in [0.29, 0.717) is 11.3 Å². The Hall–Kier alpha value is -3.59. The average molecular weight is 391 g/mol. The minimum absolute atomic E-state index is 0.172. The molecular weight excluding hydrogens is 366 g/mol. The SMILES string of the molecule is CNC(=O)/C(=N/OC)c1cccc(C)c1CO/N=C(\C)C#Cc1cccc(C)c1. The molecule has 0 aliphatic rings. The maximum atomic E-state index is 12.2. The lowest BCUT2D eigenvalue weighted by atomic mass is 9.98. The van der Waals surface area contributed by atoms with Gasteiger partial charge in [0.1, 0.15) is 19.4 Å². The summed E-state index contributed by atoms with van der Waals surface area (Å²) in [5.41, 5.74) is 5.19. The maximum Gasteiger partial charge on any atom is 0.273 e. The highest BCUT2D eigenvalue weighted by atomic mass is 16.6. The highest BCUT2D eigenvalue weighted by molar-refractivity contribution is 6.45. The summed E-state index contributed by atoms with van der Waals surface area (Å²) in [4.78, 5) is 22.5. The fraction of sp³-hybridized carbons (Fsp3) is 0.261. The number of nitrogens with zero attached hydrogens (tertiary/aromatic N) is 2. The number of amides is 1. The predicted octanol–water partition coefficient (Wildman–Crippen LogP) is 3.34. The van der Waals surface area contributed by atoms with Crippen LogP contribution < -0.4 is 5.32 Å². The third kappa shape index (κ3) is 6.22. The molecule has 0 saturated heterocycles. The molecule has 0 aliphatic carbocycles. The molecule has 2 aromatic rings. The van der Waals surface area contributed by atoms with E-state index in [4.69, 9.17) is 9.68 Å². The molecule has 150 valence electrons. The van der Waals surface area contributed by atoms with Gasteiger partial charge in [-0.25, -0.2) is 0 Å². The maximum absolute atomic E-state index is 12.2. The largest absolute Gasteiger partial charge is 0.398 e. The third-order valence-corrected chi connectivity index (χ3v) is 4.11. The first kappa shape index (κ1) is 21.7. The van der Waals surface area contributed by atoms with Crippen LogP contribution in [0.1, 0.15) is 34.7 Å². The second-order valence-electron chi connectivity index (χ2n) is 6.37. The molecule has 0 aromatic heterocycles. The lowest BCUT2D eigenvalue weighted by molar-refractivity contribution is -0.114. The van der Waals surface area contributed by atoms with Crippen LogP contribution in [-0.4, -0.2) is 31.5 Å². The van der Waals surface area contributed by atoms with Gasteiger partial charge in [0.05, 0.1) is 0 Å². The lowest BCUT2D eigenvalue weighted by Crippen LogP contribution is -2.29. The Balaban J connectivity index is 2.19. The highest BCUT2D eigenvalue weighted by Gasteiger charge is 2.19. The number of nitrogens with one attached hydrogen (secondary N) is 1. The van der Waals surface area contributed by atoms with Crippen molar-refractivity contribution in [2.24, 2.45) is 10.3 Å². The molecule has 29 heavy (non-hydrogen) atoms. The van der Waals surface area contributed by atoms with E-state index < -0.39 is 0 Å². The fourth-order valence-electron chi connectivity index (χ4n) is 2.64. The van der Waals surface area contributed by atoms with Crippen molar-refractivity contribution in [2.45, 2.75) is 27.4 Å². The van der Waals surface area contributed by atoms with Gasteiger partial charge in [-0.3, -0.25) is 4.79 Å². The van der Waals surface area contributed by atoms with E-state index in [1.807, 2.05) is 50.2 Å². The van der Waals surface area contributed by atoms with Gasteiger partial charge in [0.2, 0.25) is 0 Å². The summed E-state index contributed by atoms with van der Waals surface area (Å²) < 4.78 is 0. The number of likely N-dealkylation sites (N-methyl/N-ethyl adjacent to an activating group) is 1. The minimum Gasteiger partial charge on any atom is -0.398 e. The first-order valence-corrected chi connectivity index (χ1v) is 9.13. The summed E-state index contributed by atoms with van der Waals surface area (Å²) in [6.45, 7) is 5.91. The molecule has 1 N–H and O–H groups in total. The monoisotopic (exact) mass is 391 g/mol. The molecule has 0 spiro atoms. The third-order valence-electron chi connectivity index (χ3n) is 4.11. The molecule has 0 saturated carbocycles. The molecule has 0 bridgehead atoms. The predicted molar refractivity (Wildman–Crippen MR) is 115 cm³/mol. The van der Waals surface area contributed by atoms with Crippen molar-refractivity contribution in [3.05, 3.63) is 70.3 Å². The summed E-state index contributed by atoms with van der Waals surface area (Å²) in [5.74, 6) is 5.70. The number of hydrogen-bond donors (Lipinski definition) is 1. The Kier molecular flexibility index (Phi) is 7.99. The zero-order valence-electron chi connectivity index (χ0n) is 17.4. The topological polar surface area (TPSA) is 72.3 Å². The Bertz CT molecular complexity index is 998. The summed E-state index contributed by atoms with van der Waals surface area (Å²) in [5, 5.41) is 10.5. The number of oxime groups is 2. The number of carbonyl (C=O) groups is 1. The molecule has 2 aromatic carbocycles. The van der Waals surface area contributed by atoms with Crippen LogP contribution in [0, 0.1) is 25.7 Å². The lowest BCUT2D eigenvalue weighted by Gasteiger charge is -2.12. The summed E-state index contributed by atoms with van der Waals surface area (Å²) in [6, 6.07) is 13.5. The van der Waals surface area contributed by atoms with Gasteiger partial charge in [-0.2, -0.15) is 0 Å². The van der Waals surface area contributed by atoms with Crippen LogP contribution in [0.25, 0.3) is 0 Å². The van der Waals surface area contributed by atoms with Gasteiger partial charge in [0, 0.05) is 23.7 Å². The van der Waals surface area contributed by atoms with Gasteiger partial charge in [-0.15, -0.1) is 0 Å². The van der Waals surface area contributed by atoms with Crippen LogP contribution >= 0.6 is 0 Å². The number of rotatable bonds is 6. The molecule has 0 aliphatic heterocycles. The van der Waals surface area contributed by atoms with Crippen molar-refractivity contribution in [1.29, 1.82) is 0 Å². The number of benzene rings is 2. The molecule has 1 amide bonds. The van der Waals surface area contributed by atoms with Gasteiger partial charge in [0.15, 0.2) is 5.71 Å². The Morgan fingerprint density at radius 3 is 2.59 bits per heavy atom. The smallest absolute Gasteiger partial charge is 0.273 e. The normalized spacial score (nSPS) is 11.3. The van der Waals surface area contributed by atoms with E-state index in [-0.39, 0.29) is 18.2 Å². The van der Waals surface area contributed by atoms with Gasteiger partial charge >= 0.3 is 0 Å². The van der Waals surface area contributed by atoms with Crippen molar-refractivity contribution in [1.82, 2.24) is 5.32 Å². The number of carbonyl (C=O) groups excluding carboxylic acids is 1. The van der Waals surface area contributed by atoms with Crippen LogP contribution in [0.2, 0.25) is 0 Å². The van der Waals surface area contributed by atoms with Crippen LogP contribution in [-0.2, 0) is 21.1 Å². The van der Waals surface area contributed by atoms with Gasteiger partial charge in [-0.1, -0.05) is 46.6 Å². The molecule has 0 fully saturated rings. The minimum atomic E-state index is -0.345. The molecule has 0 unspecified atom stereocenters. The van der Waals surface area contributed by atoms with E-state index in [1.54, 1.807) is 20.0 Å². The first-order valence-electron chi connectivity index (χ1n) is 9.13. The van der Waals surface area contributed by atoms with Crippen molar-refractivity contribution in [3.63, 3.8) is 0 Å². The second-order valence-corrected chi connectivity index (χ2v) is 6.37. The van der Waals surface area contributed by atoms with Gasteiger partial charge in [-0.05, 0) is 50.0 Å². The number of hydrogen-bond acceptors (Lipinski definition) is 5. The van der Waals surface area contributed by atoms with E-state index in [9.17, 15) is 4.79 Å². The van der Waals surface area contributed by atoms with Crippen molar-refractivity contribution < 1.29 is 14.5 Å². The standard InChI is InChI=1S/C23H25N3O3/c1-16-8-6-10-19(14-16)13-12-18(3)25-29-15-21-17(2)9-7-11-20(21)22(26-28-5)23(27)24-4/h6-11,14H,15H2,1-5H3,(H,24,27)/b25-18+,26-22+. The summed E-state index contributed by atoms with van der Waals surface area (Å²) >= 11 is 0. The zero-order valence-corrected chi connectivity index (χ0v) is 17.4. The van der Waals surface area contributed by atoms with Crippen molar-refractivity contribution in [2.75, 3.05) is 14.2 Å². The Morgan fingerprint density at radius 1 is 1.14 bits per heavy atom. The van der Waals surface area contributed by atoms with Crippen LogP contribution in [0.4, 0.5) is 0 Å². The highest BCUT2D eigenvalue weighted by Crippen LogP contribution is 2.17. The van der Waals surface area contributed by atoms with E-state index in [0.717, 1.165) is 22.3 Å². The van der Waals surface area contributed by atoms with E-state index in [2.05, 4.69) is 27.5 Å². The van der Waals surface area contributed by atoms with Gasteiger partial charge < -0.3 is 15.0 Å². The van der Waals surface area contributed by atoms with Crippen LogP contribution in [0.5, 0.6) is 0 Å². The molecular formula is C23H25N3O3. The molecule has 2 rings (SSSR count). The average Bonchev–Trinajstić information content (AvgIpc) is 2.71. The molecule has 6 heteroatoms. The van der Waals surface area contributed by atoms with E-state index >= 15 is 0 Å². The molecule has 0 heterocycles. The van der Waals surface area contributed by atoms with Gasteiger partial charge in [0.25, 0.3) is 5.91 Å². The zero-order chi connectivity index (χ0) is 21.2. The van der Waals surface area contributed by atoms with Crippen LogP contribution in [0.3, 0.4) is 0 Å². The summed E-state index contributed by atoms with van der Waals surface area (Å²) in [6.07, 6.45) is 0. The van der Waals surface area contributed by atoms with Crippen molar-refractivity contribution in [3.8, 4) is 11.8 Å². The van der Waals surface area contributed by atoms with Crippen LogP contribution in [0.15, 0.2) is 52.8 Å². The summed E-state index contributed by atoms with van der Waals surface area (Å²) in [7, 11) is 2.94. The Morgan fingerprint density at radius 2 is 1.90 bits per heavy atom. The Labute approximate surface area is 171 Å². The quantitative estimate of drug-likeness (QED) is 0.466. The number of aryl methyl sites for hydroxylation is 2. The molecule has 0 atom stereocenters. The molecule has 0 radical (unpaired) electrons. The van der Waals surface area contributed by atoms with E-state index in [1.165, 1.54) is 7.11 Å². The fourth-order valence-corrected chi connectivity index (χ4v) is 2.64. The first-order chi connectivity index (χ1) is 14.0. The molecule has 6 nitrogen and oxygen atoms in total. The second kappa shape index (κ2) is 10.7. The van der Waals surface area contributed by atoms with Crippen molar-refractivity contribution >= 4 is 17.3 Å².